The summed E-state index contributed by atoms with van der Waals surface area (Å²) in [4.78, 5) is 33.6. The van der Waals surface area contributed by atoms with E-state index in [9.17, 15) is 14.4 Å². The van der Waals surface area contributed by atoms with Gasteiger partial charge in [0.25, 0.3) is 0 Å². The maximum absolute atomic E-state index is 11.9. The number of carboxylic acid groups (broad SMARTS) is 1. The van der Waals surface area contributed by atoms with Crippen molar-refractivity contribution < 1.29 is 19.5 Å². The molecule has 1 aromatic carbocycles. The predicted molar refractivity (Wildman–Crippen MR) is 75.5 cm³/mol. The molecular weight excluding hydrogens is 272 g/mol. The Morgan fingerprint density at radius 1 is 1.24 bits per heavy atom. The number of nitrogens with one attached hydrogen (secondary N) is 1. The van der Waals surface area contributed by atoms with Crippen LogP contribution in [-0.4, -0.2) is 28.9 Å². The minimum atomic E-state index is -1.27. The number of fused-ring (bicyclic) bond motifs is 1. The van der Waals surface area contributed by atoms with Gasteiger partial charge in [0.1, 0.15) is 6.04 Å². The van der Waals surface area contributed by atoms with Crippen LogP contribution in [0, 0.1) is 0 Å². The van der Waals surface area contributed by atoms with E-state index in [0.717, 1.165) is 24.8 Å². The number of carbonyl (C=O) groups excluding carboxylic acids is 2. The summed E-state index contributed by atoms with van der Waals surface area (Å²) in [5.41, 5.74) is 8.38. The Hall–Kier alpha value is -2.37. The highest BCUT2D eigenvalue weighted by Gasteiger charge is 2.22. The molecule has 2 amide bonds. The molecule has 6 nitrogen and oxygen atoms in total. The number of aryl methyl sites for hydroxylation is 2. The van der Waals surface area contributed by atoms with E-state index in [0.29, 0.717) is 0 Å². The summed E-state index contributed by atoms with van der Waals surface area (Å²) in [6.45, 7) is 0. The average molecular weight is 290 g/mol. The van der Waals surface area contributed by atoms with Crippen molar-refractivity contribution in [1.82, 2.24) is 5.32 Å². The monoisotopic (exact) mass is 290 g/mol. The van der Waals surface area contributed by atoms with Gasteiger partial charge in [-0.1, -0.05) is 18.2 Å². The first-order valence-electron chi connectivity index (χ1n) is 6.87. The van der Waals surface area contributed by atoms with Crippen LogP contribution in [-0.2, 0) is 33.6 Å². The van der Waals surface area contributed by atoms with Crippen LogP contribution in [0.1, 0.15) is 29.5 Å². The molecule has 2 rings (SSSR count). The Labute approximate surface area is 122 Å². The molecule has 0 saturated carbocycles. The lowest BCUT2D eigenvalue weighted by Crippen LogP contribution is -2.43. The Morgan fingerprint density at radius 3 is 2.62 bits per heavy atom. The van der Waals surface area contributed by atoms with E-state index in [1.807, 2.05) is 18.2 Å². The van der Waals surface area contributed by atoms with Gasteiger partial charge in [0, 0.05) is 0 Å². The lowest BCUT2D eigenvalue weighted by molar-refractivity contribution is -0.143. The molecule has 0 saturated heterocycles. The zero-order valence-corrected chi connectivity index (χ0v) is 11.6. The molecule has 0 unspecified atom stereocenters. The number of aliphatic carboxylic acids is 1. The van der Waals surface area contributed by atoms with Gasteiger partial charge in [-0.05, 0) is 36.0 Å². The molecule has 0 radical (unpaired) electrons. The van der Waals surface area contributed by atoms with E-state index in [4.69, 9.17) is 10.8 Å². The molecule has 0 fully saturated rings. The van der Waals surface area contributed by atoms with Crippen molar-refractivity contribution in [3.63, 3.8) is 0 Å². The lowest BCUT2D eigenvalue weighted by Gasteiger charge is -2.13. The number of primary amides is 1. The van der Waals surface area contributed by atoms with Crippen LogP contribution < -0.4 is 11.1 Å². The van der Waals surface area contributed by atoms with E-state index in [2.05, 4.69) is 5.32 Å². The number of benzene rings is 1. The van der Waals surface area contributed by atoms with Gasteiger partial charge in [0.15, 0.2) is 0 Å². The second kappa shape index (κ2) is 6.39. The van der Waals surface area contributed by atoms with Gasteiger partial charge in [0.2, 0.25) is 11.8 Å². The summed E-state index contributed by atoms with van der Waals surface area (Å²) in [5.74, 6) is -2.46. The number of hydrogen-bond acceptors (Lipinski definition) is 3. The minimum Gasteiger partial charge on any atom is -0.480 e. The van der Waals surface area contributed by atoms with E-state index in [1.54, 1.807) is 0 Å². The number of carbonyl (C=O) groups is 3. The third-order valence-electron chi connectivity index (χ3n) is 3.57. The van der Waals surface area contributed by atoms with Crippen LogP contribution in [0.5, 0.6) is 0 Å². The highest BCUT2D eigenvalue weighted by Crippen LogP contribution is 2.22. The maximum atomic E-state index is 11.9. The average Bonchev–Trinajstić information content (AvgIpc) is 2.84. The molecule has 1 aliphatic carbocycles. The Bertz CT molecular complexity index is 583. The van der Waals surface area contributed by atoms with Crippen molar-refractivity contribution >= 4 is 17.8 Å². The molecule has 1 atom stereocenters. The molecule has 4 N–H and O–H groups in total. The van der Waals surface area contributed by atoms with E-state index in [1.165, 1.54) is 11.1 Å². The summed E-state index contributed by atoms with van der Waals surface area (Å²) in [6, 6.07) is 4.62. The Balaban J connectivity index is 1.97. The molecule has 0 spiro atoms. The molecular formula is C15H18N2O4. The van der Waals surface area contributed by atoms with Crippen molar-refractivity contribution in [2.45, 2.75) is 38.1 Å². The van der Waals surface area contributed by atoms with Crippen LogP contribution in [0.2, 0.25) is 0 Å². The van der Waals surface area contributed by atoms with Crippen LogP contribution in [0.15, 0.2) is 18.2 Å². The lowest BCUT2D eigenvalue weighted by atomic mass is 10.0. The van der Waals surface area contributed by atoms with Gasteiger partial charge >= 0.3 is 5.97 Å². The van der Waals surface area contributed by atoms with Gasteiger partial charge in [-0.2, -0.15) is 0 Å². The zero-order chi connectivity index (χ0) is 15.4. The fourth-order valence-electron chi connectivity index (χ4n) is 2.57. The number of hydrogen-bond donors (Lipinski definition) is 3. The van der Waals surface area contributed by atoms with Gasteiger partial charge in [-0.15, -0.1) is 0 Å². The van der Waals surface area contributed by atoms with Crippen LogP contribution in [0.25, 0.3) is 0 Å². The van der Waals surface area contributed by atoms with Crippen molar-refractivity contribution in [2.75, 3.05) is 0 Å². The van der Waals surface area contributed by atoms with Crippen LogP contribution >= 0.6 is 0 Å². The number of nitrogens with two attached hydrogens (primary N) is 1. The maximum Gasteiger partial charge on any atom is 0.326 e. The van der Waals surface area contributed by atoms with Crippen molar-refractivity contribution in [1.29, 1.82) is 0 Å². The Morgan fingerprint density at radius 2 is 1.95 bits per heavy atom. The van der Waals surface area contributed by atoms with Crippen molar-refractivity contribution in [3.05, 3.63) is 34.9 Å². The minimum absolute atomic E-state index is 0.0931. The molecule has 0 aliphatic heterocycles. The number of carboxylic acids is 1. The second-order valence-electron chi connectivity index (χ2n) is 5.26. The fraction of sp³-hybridized carbons (Fsp3) is 0.400. The summed E-state index contributed by atoms with van der Waals surface area (Å²) in [5, 5.41) is 11.3. The van der Waals surface area contributed by atoms with Crippen LogP contribution in [0.4, 0.5) is 0 Å². The smallest absolute Gasteiger partial charge is 0.326 e. The molecule has 21 heavy (non-hydrogen) atoms. The first kappa shape index (κ1) is 15.0. The van der Waals surface area contributed by atoms with Crippen molar-refractivity contribution in [2.24, 2.45) is 5.73 Å². The normalized spacial score (nSPS) is 14.3. The molecule has 112 valence electrons. The second-order valence-corrected chi connectivity index (χ2v) is 5.26. The van der Waals surface area contributed by atoms with Crippen LogP contribution in [0.3, 0.4) is 0 Å². The molecule has 0 heterocycles. The van der Waals surface area contributed by atoms with Crippen molar-refractivity contribution in [3.8, 4) is 0 Å². The predicted octanol–water partition coefficient (Wildman–Crippen LogP) is 0.163. The van der Waals surface area contributed by atoms with E-state index >= 15 is 0 Å². The molecule has 6 heteroatoms. The highest BCUT2D eigenvalue weighted by atomic mass is 16.4. The van der Waals surface area contributed by atoms with Gasteiger partial charge in [0.05, 0.1) is 12.8 Å². The standard InChI is InChI=1S/C15H18N2O4/c16-13(18)8-12(15(20)21)17-14(19)7-9-4-5-10-2-1-3-11(10)6-9/h4-6,12H,1-3,7-8H2,(H2,16,18)(H,17,19)(H,20,21)/t12-/m0/s1. The van der Waals surface area contributed by atoms with Gasteiger partial charge < -0.3 is 16.2 Å². The number of rotatable bonds is 6. The molecule has 1 aromatic rings. The third-order valence-corrected chi connectivity index (χ3v) is 3.57. The molecule has 1 aliphatic rings. The Kier molecular flexibility index (Phi) is 4.57. The zero-order valence-electron chi connectivity index (χ0n) is 11.6. The van der Waals surface area contributed by atoms with E-state index in [-0.39, 0.29) is 6.42 Å². The topological polar surface area (TPSA) is 109 Å². The largest absolute Gasteiger partial charge is 0.480 e. The summed E-state index contributed by atoms with van der Waals surface area (Å²) in [6.07, 6.45) is 2.90. The highest BCUT2D eigenvalue weighted by molar-refractivity contribution is 5.88. The summed E-state index contributed by atoms with van der Waals surface area (Å²) in [7, 11) is 0. The first-order chi connectivity index (χ1) is 9.95. The third kappa shape index (κ3) is 4.05. The summed E-state index contributed by atoms with van der Waals surface area (Å²) >= 11 is 0. The molecule has 0 bridgehead atoms. The SMILES string of the molecule is NC(=O)C[C@H](NC(=O)Cc1ccc2c(c1)CCC2)C(=O)O. The summed E-state index contributed by atoms with van der Waals surface area (Å²) < 4.78 is 0. The quantitative estimate of drug-likeness (QED) is 0.693. The van der Waals surface area contributed by atoms with Gasteiger partial charge in [-0.25, -0.2) is 4.79 Å². The number of amides is 2. The first-order valence-corrected chi connectivity index (χ1v) is 6.87. The molecule has 0 aromatic heterocycles. The van der Waals surface area contributed by atoms with E-state index < -0.39 is 30.2 Å². The fourth-order valence-corrected chi connectivity index (χ4v) is 2.57. The van der Waals surface area contributed by atoms with Gasteiger partial charge in [-0.3, -0.25) is 9.59 Å².